The first-order valence-electron chi connectivity index (χ1n) is 5.72. The molecule has 2 aromatic carbocycles. The van der Waals surface area contributed by atoms with E-state index < -0.39 is 4.92 Å². The van der Waals surface area contributed by atoms with Crippen molar-refractivity contribution in [3.8, 4) is 11.5 Å². The van der Waals surface area contributed by atoms with E-state index in [-0.39, 0.29) is 12.2 Å². The van der Waals surface area contributed by atoms with Crippen molar-refractivity contribution in [1.82, 2.24) is 0 Å². The summed E-state index contributed by atoms with van der Waals surface area (Å²) in [4.78, 5) is 10.3. The molecule has 0 amide bonds. The van der Waals surface area contributed by atoms with Gasteiger partial charge in [-0.15, -0.1) is 0 Å². The van der Waals surface area contributed by atoms with Gasteiger partial charge in [0.15, 0.2) is 11.5 Å². The number of hydrogen-bond donors (Lipinski definition) is 1. The Morgan fingerprint density at radius 1 is 1.24 bits per heavy atom. The lowest BCUT2D eigenvalue weighted by Gasteiger charge is -2.14. The molecule has 0 bridgehead atoms. The molecule has 2 N–H and O–H groups in total. The van der Waals surface area contributed by atoms with Crippen LogP contribution in [0.15, 0.2) is 39.3 Å². The molecule has 8 heteroatoms. The van der Waals surface area contributed by atoms with Gasteiger partial charge in [0.05, 0.1) is 18.9 Å². The summed E-state index contributed by atoms with van der Waals surface area (Å²) in [5, 5.41) is 11.2. The average molecular weight is 436 g/mol. The number of ether oxygens (including phenoxy) is 1. The van der Waals surface area contributed by atoms with Crippen molar-refractivity contribution < 1.29 is 9.66 Å². The molecule has 0 heterocycles. The van der Waals surface area contributed by atoms with Gasteiger partial charge in [-0.2, -0.15) is 0 Å². The predicted octanol–water partition coefficient (Wildman–Crippen LogP) is 5.02. The van der Waals surface area contributed by atoms with Crippen LogP contribution in [0.1, 0.15) is 5.56 Å². The van der Waals surface area contributed by atoms with Gasteiger partial charge in [-0.05, 0) is 37.9 Å². The average Bonchev–Trinajstić information content (AvgIpc) is 2.43. The maximum absolute atomic E-state index is 10.8. The molecule has 110 valence electrons. The number of para-hydroxylation sites is 1. The maximum atomic E-state index is 10.8. The molecule has 0 radical (unpaired) electrons. The van der Waals surface area contributed by atoms with Crippen molar-refractivity contribution in [2.24, 2.45) is 5.73 Å². The van der Waals surface area contributed by atoms with Gasteiger partial charge in [0.1, 0.15) is 0 Å². The summed E-state index contributed by atoms with van der Waals surface area (Å²) < 4.78 is 6.67. The second-order valence-electron chi connectivity index (χ2n) is 4.03. The number of benzene rings is 2. The molecule has 0 spiro atoms. The molecular weight excluding hydrogens is 427 g/mol. The molecule has 0 aliphatic heterocycles. The third-order valence-corrected chi connectivity index (χ3v) is 4.14. The highest BCUT2D eigenvalue weighted by Crippen LogP contribution is 2.42. The first-order chi connectivity index (χ1) is 9.93. The lowest BCUT2D eigenvalue weighted by molar-refractivity contribution is -0.385. The normalized spacial score (nSPS) is 10.5. The number of nitrogens with zero attached hydrogens (tertiary/aromatic N) is 1. The van der Waals surface area contributed by atoms with Crippen molar-refractivity contribution in [2.75, 3.05) is 0 Å². The summed E-state index contributed by atoms with van der Waals surface area (Å²) in [6, 6.07) is 7.98. The van der Waals surface area contributed by atoms with Crippen molar-refractivity contribution in [1.29, 1.82) is 0 Å². The van der Waals surface area contributed by atoms with Crippen molar-refractivity contribution in [3.05, 3.63) is 60.0 Å². The highest BCUT2D eigenvalue weighted by molar-refractivity contribution is 9.11. The molecule has 5 nitrogen and oxygen atoms in total. The summed E-state index contributed by atoms with van der Waals surface area (Å²) in [6.07, 6.45) is 0. The fraction of sp³-hybridized carbons (Fsp3) is 0.0769. The lowest BCUT2D eigenvalue weighted by Crippen LogP contribution is -2.00. The Morgan fingerprint density at radius 2 is 1.86 bits per heavy atom. The van der Waals surface area contributed by atoms with Crippen molar-refractivity contribution in [2.45, 2.75) is 6.54 Å². The van der Waals surface area contributed by atoms with E-state index in [0.717, 1.165) is 5.56 Å². The monoisotopic (exact) mass is 434 g/mol. The minimum absolute atomic E-state index is 0.0562. The number of hydrogen-bond acceptors (Lipinski definition) is 4. The summed E-state index contributed by atoms with van der Waals surface area (Å²) in [7, 11) is 0. The van der Waals surface area contributed by atoms with Crippen molar-refractivity contribution >= 4 is 49.1 Å². The zero-order valence-corrected chi connectivity index (χ0v) is 14.4. The Balaban J connectivity index is 2.48. The van der Waals surface area contributed by atoms with Gasteiger partial charge in [-0.3, -0.25) is 10.1 Å². The molecule has 0 aliphatic carbocycles. The van der Waals surface area contributed by atoms with Crippen LogP contribution in [0.5, 0.6) is 11.5 Å². The quantitative estimate of drug-likeness (QED) is 0.539. The Bertz CT molecular complexity index is 687. The Morgan fingerprint density at radius 3 is 2.38 bits per heavy atom. The topological polar surface area (TPSA) is 78.4 Å². The highest BCUT2D eigenvalue weighted by Gasteiger charge is 2.18. The molecular formula is C13H9Br2ClN2O3. The minimum Gasteiger partial charge on any atom is -0.453 e. The number of rotatable bonds is 4. The molecule has 0 saturated heterocycles. The Kier molecular flexibility index (Phi) is 5.21. The summed E-state index contributed by atoms with van der Waals surface area (Å²) in [5.74, 6) is 0.820. The number of nitrogens with two attached hydrogens (primary N) is 1. The molecule has 0 aliphatic rings. The fourth-order valence-corrected chi connectivity index (χ4v) is 3.24. The Labute approximate surface area is 142 Å². The first-order valence-corrected chi connectivity index (χ1v) is 7.69. The van der Waals surface area contributed by atoms with Gasteiger partial charge in [-0.25, -0.2) is 0 Å². The predicted molar refractivity (Wildman–Crippen MR) is 87.9 cm³/mol. The molecule has 2 aromatic rings. The molecule has 0 fully saturated rings. The second-order valence-corrected chi connectivity index (χ2v) is 6.15. The zero-order valence-electron chi connectivity index (χ0n) is 10.5. The summed E-state index contributed by atoms with van der Waals surface area (Å²) in [6.45, 7) is 0.262. The van der Waals surface area contributed by atoms with Crippen LogP contribution >= 0.6 is 43.5 Å². The van der Waals surface area contributed by atoms with Crippen LogP contribution in [0, 0.1) is 10.1 Å². The van der Waals surface area contributed by atoms with Crippen LogP contribution < -0.4 is 10.5 Å². The summed E-state index contributed by atoms with van der Waals surface area (Å²) >= 11 is 12.6. The molecule has 0 aromatic heterocycles. The standard InChI is InChI=1S/C13H9Br2ClN2O3/c14-9-4-8(18(19)20)5-10(15)13(9)21-12-7(6-17)2-1-3-11(12)16/h1-5H,6,17H2. The summed E-state index contributed by atoms with van der Waals surface area (Å²) in [5.41, 5.74) is 6.34. The van der Waals surface area contributed by atoms with E-state index in [2.05, 4.69) is 31.9 Å². The third kappa shape index (κ3) is 3.55. The van der Waals surface area contributed by atoms with E-state index in [0.29, 0.717) is 25.5 Å². The van der Waals surface area contributed by atoms with E-state index in [9.17, 15) is 10.1 Å². The van der Waals surface area contributed by atoms with Crippen LogP contribution in [0.4, 0.5) is 5.69 Å². The van der Waals surface area contributed by atoms with Gasteiger partial charge < -0.3 is 10.5 Å². The van der Waals surface area contributed by atoms with Crippen molar-refractivity contribution in [3.63, 3.8) is 0 Å². The van der Waals surface area contributed by atoms with Gasteiger partial charge >= 0.3 is 0 Å². The number of non-ortho nitro benzene ring substituents is 1. The third-order valence-electron chi connectivity index (χ3n) is 2.67. The second kappa shape index (κ2) is 6.74. The van der Waals surface area contributed by atoms with E-state index in [4.69, 9.17) is 22.1 Å². The largest absolute Gasteiger partial charge is 0.453 e. The van der Waals surface area contributed by atoms with Crippen LogP contribution in [0.25, 0.3) is 0 Å². The van der Waals surface area contributed by atoms with E-state index in [1.807, 2.05) is 0 Å². The first kappa shape index (κ1) is 16.2. The molecule has 0 atom stereocenters. The Hall–Kier alpha value is -1.15. The molecule has 0 saturated carbocycles. The smallest absolute Gasteiger partial charge is 0.271 e. The molecule has 2 rings (SSSR count). The molecule has 0 unspecified atom stereocenters. The lowest BCUT2D eigenvalue weighted by atomic mass is 10.2. The zero-order chi connectivity index (χ0) is 15.6. The van der Waals surface area contributed by atoms with Gasteiger partial charge in [-0.1, -0.05) is 23.7 Å². The molecule has 21 heavy (non-hydrogen) atoms. The fourth-order valence-electron chi connectivity index (χ4n) is 1.68. The maximum Gasteiger partial charge on any atom is 0.271 e. The van der Waals surface area contributed by atoms with Gasteiger partial charge in [0, 0.05) is 24.2 Å². The number of nitro benzene ring substituents is 1. The van der Waals surface area contributed by atoms with Crippen LogP contribution in [-0.2, 0) is 6.54 Å². The van der Waals surface area contributed by atoms with Crippen LogP contribution in [-0.4, -0.2) is 4.92 Å². The minimum atomic E-state index is -0.486. The SMILES string of the molecule is NCc1cccc(Cl)c1Oc1c(Br)cc([N+](=O)[O-])cc1Br. The van der Waals surface area contributed by atoms with Crippen LogP contribution in [0.3, 0.4) is 0 Å². The van der Waals surface area contributed by atoms with E-state index in [1.165, 1.54) is 12.1 Å². The van der Waals surface area contributed by atoms with Crippen LogP contribution in [0.2, 0.25) is 5.02 Å². The highest BCUT2D eigenvalue weighted by atomic mass is 79.9. The van der Waals surface area contributed by atoms with Gasteiger partial charge in [0.2, 0.25) is 0 Å². The van der Waals surface area contributed by atoms with Gasteiger partial charge in [0.25, 0.3) is 5.69 Å². The number of nitro groups is 1. The van der Waals surface area contributed by atoms with E-state index >= 15 is 0 Å². The number of halogens is 3. The van der Waals surface area contributed by atoms with E-state index in [1.54, 1.807) is 18.2 Å².